The first kappa shape index (κ1) is 10.6. The molecule has 5 nitrogen and oxygen atoms in total. The maximum atomic E-state index is 10.6. The van der Waals surface area contributed by atoms with E-state index >= 15 is 0 Å². The lowest BCUT2D eigenvalue weighted by atomic mass is 10.3. The predicted octanol–water partition coefficient (Wildman–Crippen LogP) is -0.101. The van der Waals surface area contributed by atoms with Gasteiger partial charge in [0.05, 0.1) is 12.8 Å². The van der Waals surface area contributed by atoms with E-state index in [0.717, 1.165) is 6.08 Å². The Hall–Kier alpha value is -1.36. The molecule has 0 aliphatic carbocycles. The van der Waals surface area contributed by atoms with Crippen LogP contribution in [0.2, 0.25) is 0 Å². The van der Waals surface area contributed by atoms with Gasteiger partial charge in [-0.1, -0.05) is 6.58 Å². The zero-order valence-corrected chi connectivity index (χ0v) is 6.40. The van der Waals surface area contributed by atoms with Crippen molar-refractivity contribution in [2.45, 2.75) is 19.1 Å². The number of rotatable bonds is 5. The number of esters is 1. The van der Waals surface area contributed by atoms with E-state index in [1.165, 1.54) is 0 Å². The number of carbonyl (C=O) groups excluding carboxylic acids is 1. The highest BCUT2D eigenvalue weighted by Crippen LogP contribution is 1.96. The number of ether oxygens (including phenoxy) is 1. The van der Waals surface area contributed by atoms with Crippen LogP contribution >= 0.6 is 0 Å². The van der Waals surface area contributed by atoms with Crippen molar-refractivity contribution >= 4 is 11.9 Å². The molecule has 68 valence electrons. The van der Waals surface area contributed by atoms with Gasteiger partial charge in [-0.05, 0) is 6.08 Å². The zero-order valence-electron chi connectivity index (χ0n) is 6.40. The zero-order chi connectivity index (χ0) is 9.56. The summed E-state index contributed by atoms with van der Waals surface area (Å²) in [6, 6.07) is 0. The van der Waals surface area contributed by atoms with Crippen LogP contribution in [0.15, 0.2) is 12.7 Å². The topological polar surface area (TPSA) is 83.8 Å². The van der Waals surface area contributed by atoms with Crippen molar-refractivity contribution < 1.29 is 24.5 Å². The summed E-state index contributed by atoms with van der Waals surface area (Å²) in [6.07, 6.45) is -0.881. The number of hydrogen-bond donors (Lipinski definition) is 2. The summed E-state index contributed by atoms with van der Waals surface area (Å²) in [6.45, 7) is 3.17. The molecule has 0 radical (unpaired) electrons. The molecule has 0 spiro atoms. The molecule has 1 atom stereocenters. The molecule has 0 aliphatic heterocycles. The molecule has 0 bridgehead atoms. The summed E-state index contributed by atoms with van der Waals surface area (Å²) in [7, 11) is 0. The van der Waals surface area contributed by atoms with E-state index in [1.54, 1.807) is 0 Å². The van der Waals surface area contributed by atoms with Crippen LogP contribution in [-0.2, 0) is 14.3 Å². The molecule has 0 saturated carbocycles. The van der Waals surface area contributed by atoms with Crippen LogP contribution in [0.25, 0.3) is 0 Å². The first-order valence-corrected chi connectivity index (χ1v) is 3.28. The van der Waals surface area contributed by atoms with Crippen LogP contribution in [0, 0.1) is 0 Å². The Morgan fingerprint density at radius 1 is 1.50 bits per heavy atom. The van der Waals surface area contributed by atoms with E-state index in [4.69, 9.17) is 10.2 Å². The Morgan fingerprint density at radius 2 is 2.08 bits per heavy atom. The van der Waals surface area contributed by atoms with Gasteiger partial charge < -0.3 is 14.9 Å². The lowest BCUT2D eigenvalue weighted by molar-refractivity contribution is -0.162. The first-order valence-electron chi connectivity index (χ1n) is 3.28. The van der Waals surface area contributed by atoms with Gasteiger partial charge >= 0.3 is 11.9 Å². The fraction of sp³-hybridized carbons (Fsp3) is 0.429. The standard InChI is InChI=1S/C7H10O5/c1-2-6(10)12-7(11)4-3-5(8)9/h2,6,10H,1,3-4H2,(H,8,9). The first-order chi connectivity index (χ1) is 5.56. The van der Waals surface area contributed by atoms with E-state index in [-0.39, 0.29) is 12.8 Å². The molecule has 0 aromatic rings. The smallest absolute Gasteiger partial charge is 0.308 e. The van der Waals surface area contributed by atoms with Gasteiger partial charge in [-0.15, -0.1) is 0 Å². The van der Waals surface area contributed by atoms with Crippen LogP contribution in [0.5, 0.6) is 0 Å². The molecular weight excluding hydrogens is 164 g/mol. The maximum absolute atomic E-state index is 10.6. The minimum Gasteiger partial charge on any atom is -0.481 e. The van der Waals surface area contributed by atoms with Crippen LogP contribution in [0.1, 0.15) is 12.8 Å². The van der Waals surface area contributed by atoms with Gasteiger partial charge in [-0.3, -0.25) is 9.59 Å². The fourth-order valence-electron chi connectivity index (χ4n) is 0.451. The summed E-state index contributed by atoms with van der Waals surface area (Å²) < 4.78 is 4.29. The van der Waals surface area contributed by atoms with Gasteiger partial charge in [-0.2, -0.15) is 0 Å². The van der Waals surface area contributed by atoms with Gasteiger partial charge in [0.25, 0.3) is 0 Å². The molecule has 0 aromatic carbocycles. The monoisotopic (exact) mass is 174 g/mol. The molecule has 0 amide bonds. The van der Waals surface area contributed by atoms with Gasteiger partial charge in [0.1, 0.15) is 0 Å². The SMILES string of the molecule is C=CC(O)OC(=O)CCC(=O)O. The van der Waals surface area contributed by atoms with Crippen molar-refractivity contribution in [1.29, 1.82) is 0 Å². The highest BCUT2D eigenvalue weighted by Gasteiger charge is 2.09. The number of aliphatic hydroxyl groups excluding tert-OH is 1. The van der Waals surface area contributed by atoms with Crippen molar-refractivity contribution in [3.05, 3.63) is 12.7 Å². The van der Waals surface area contributed by atoms with E-state index < -0.39 is 18.2 Å². The highest BCUT2D eigenvalue weighted by atomic mass is 16.6. The average Bonchev–Trinajstić information content (AvgIpc) is 2.00. The normalized spacial score (nSPS) is 11.8. The van der Waals surface area contributed by atoms with Crippen molar-refractivity contribution in [2.24, 2.45) is 0 Å². The Balaban J connectivity index is 3.59. The molecule has 1 unspecified atom stereocenters. The quantitative estimate of drug-likeness (QED) is 0.345. The minimum atomic E-state index is -1.36. The molecule has 0 heterocycles. The molecule has 0 rings (SSSR count). The third-order valence-electron chi connectivity index (χ3n) is 0.997. The second kappa shape index (κ2) is 5.31. The lowest BCUT2D eigenvalue weighted by Gasteiger charge is -2.05. The van der Waals surface area contributed by atoms with E-state index in [0.29, 0.717) is 0 Å². The molecule has 0 saturated heterocycles. The lowest BCUT2D eigenvalue weighted by Crippen LogP contribution is -2.15. The third-order valence-corrected chi connectivity index (χ3v) is 0.997. The van der Waals surface area contributed by atoms with Gasteiger partial charge in [0, 0.05) is 0 Å². The van der Waals surface area contributed by atoms with E-state index in [9.17, 15) is 9.59 Å². The summed E-state index contributed by atoms with van der Waals surface area (Å²) >= 11 is 0. The van der Waals surface area contributed by atoms with Crippen LogP contribution in [-0.4, -0.2) is 28.4 Å². The van der Waals surface area contributed by atoms with Crippen molar-refractivity contribution in [2.75, 3.05) is 0 Å². The molecule has 0 fully saturated rings. The predicted molar refractivity (Wildman–Crippen MR) is 39.2 cm³/mol. The summed E-state index contributed by atoms with van der Waals surface area (Å²) in [4.78, 5) is 20.6. The van der Waals surface area contributed by atoms with Crippen LogP contribution in [0.4, 0.5) is 0 Å². The largest absolute Gasteiger partial charge is 0.481 e. The molecular formula is C7H10O5. The summed E-state index contributed by atoms with van der Waals surface area (Å²) in [5, 5.41) is 16.8. The number of carboxylic acids is 1. The summed E-state index contributed by atoms with van der Waals surface area (Å²) in [5.41, 5.74) is 0. The maximum Gasteiger partial charge on any atom is 0.308 e. The van der Waals surface area contributed by atoms with E-state index in [1.807, 2.05) is 0 Å². The second-order valence-electron chi connectivity index (χ2n) is 2.01. The number of aliphatic hydroxyl groups is 1. The molecule has 0 aliphatic rings. The number of carboxylic acid groups (broad SMARTS) is 1. The minimum absolute atomic E-state index is 0.250. The van der Waals surface area contributed by atoms with Gasteiger partial charge in [0.15, 0.2) is 0 Å². The Bertz CT molecular complexity index is 186. The Labute approximate surface area is 69.3 Å². The molecule has 12 heavy (non-hydrogen) atoms. The summed E-state index contributed by atoms with van der Waals surface area (Å²) in [5.74, 6) is -1.84. The Morgan fingerprint density at radius 3 is 2.50 bits per heavy atom. The average molecular weight is 174 g/mol. The Kier molecular flexibility index (Phi) is 4.71. The number of aliphatic carboxylic acids is 1. The van der Waals surface area contributed by atoms with Gasteiger partial charge in [0.2, 0.25) is 6.29 Å². The van der Waals surface area contributed by atoms with Gasteiger partial charge in [-0.25, -0.2) is 0 Å². The number of hydrogen-bond acceptors (Lipinski definition) is 4. The van der Waals surface area contributed by atoms with E-state index in [2.05, 4.69) is 11.3 Å². The fourth-order valence-corrected chi connectivity index (χ4v) is 0.451. The molecule has 5 heteroatoms. The van der Waals surface area contributed by atoms with Crippen LogP contribution < -0.4 is 0 Å². The molecule has 2 N–H and O–H groups in total. The third kappa shape index (κ3) is 5.43. The van der Waals surface area contributed by atoms with Crippen molar-refractivity contribution in [1.82, 2.24) is 0 Å². The second-order valence-corrected chi connectivity index (χ2v) is 2.01. The molecule has 0 aromatic heterocycles. The van der Waals surface area contributed by atoms with Crippen molar-refractivity contribution in [3.63, 3.8) is 0 Å². The van der Waals surface area contributed by atoms with Crippen LogP contribution in [0.3, 0.4) is 0 Å². The van der Waals surface area contributed by atoms with Crippen molar-refractivity contribution in [3.8, 4) is 0 Å². The highest BCUT2D eigenvalue weighted by molar-refractivity contribution is 5.76. The number of carbonyl (C=O) groups is 2.